The quantitative estimate of drug-likeness (QED) is 0.779. The van der Waals surface area contributed by atoms with Gasteiger partial charge in [0.05, 0.1) is 6.20 Å². The third-order valence-corrected chi connectivity index (χ3v) is 2.90. The van der Waals surface area contributed by atoms with Gasteiger partial charge in [0.2, 0.25) is 0 Å². The molecule has 1 aliphatic rings. The first-order valence-corrected chi connectivity index (χ1v) is 5.54. The monoisotopic (exact) mass is 220 g/mol. The SMILES string of the molecule is CN[C@@H]1CCCN(C(=O)c2cnccn2)C1. The Morgan fingerprint density at radius 1 is 1.56 bits per heavy atom. The molecule has 1 saturated heterocycles. The van der Waals surface area contributed by atoms with Crippen molar-refractivity contribution in [3.8, 4) is 0 Å². The topological polar surface area (TPSA) is 58.1 Å². The zero-order valence-corrected chi connectivity index (χ0v) is 9.39. The molecule has 1 aromatic rings. The van der Waals surface area contributed by atoms with Gasteiger partial charge in [-0.15, -0.1) is 0 Å². The maximum absolute atomic E-state index is 12.1. The van der Waals surface area contributed by atoms with E-state index in [1.54, 1.807) is 12.4 Å². The third kappa shape index (κ3) is 2.36. The molecule has 86 valence electrons. The standard InChI is InChI=1S/C11H16N4O/c1-12-9-3-2-6-15(8-9)11(16)10-7-13-4-5-14-10/h4-5,7,9,12H,2-3,6,8H2,1H3/t9-/m1/s1. The third-order valence-electron chi connectivity index (χ3n) is 2.90. The Kier molecular flexibility index (Phi) is 3.46. The molecular weight excluding hydrogens is 204 g/mol. The number of nitrogens with zero attached hydrogens (tertiary/aromatic N) is 3. The summed E-state index contributed by atoms with van der Waals surface area (Å²) in [5.41, 5.74) is 0.430. The normalized spacial score (nSPS) is 20.8. The fourth-order valence-electron chi connectivity index (χ4n) is 1.97. The molecule has 1 aromatic heterocycles. The van der Waals surface area contributed by atoms with Crippen LogP contribution in [0.3, 0.4) is 0 Å². The Morgan fingerprint density at radius 3 is 3.12 bits per heavy atom. The molecule has 1 aliphatic heterocycles. The highest BCUT2D eigenvalue weighted by Gasteiger charge is 2.24. The highest BCUT2D eigenvalue weighted by Crippen LogP contribution is 2.12. The maximum Gasteiger partial charge on any atom is 0.274 e. The first-order chi connectivity index (χ1) is 7.81. The van der Waals surface area contributed by atoms with Crippen LogP contribution in [0.4, 0.5) is 0 Å². The highest BCUT2D eigenvalue weighted by molar-refractivity contribution is 5.92. The van der Waals surface area contributed by atoms with Gasteiger partial charge in [-0.3, -0.25) is 9.78 Å². The summed E-state index contributed by atoms with van der Waals surface area (Å²) >= 11 is 0. The Morgan fingerprint density at radius 2 is 2.44 bits per heavy atom. The lowest BCUT2D eigenvalue weighted by atomic mass is 10.1. The van der Waals surface area contributed by atoms with Crippen LogP contribution in [0.5, 0.6) is 0 Å². The van der Waals surface area contributed by atoms with Crippen LogP contribution in [-0.4, -0.2) is 47.0 Å². The lowest BCUT2D eigenvalue weighted by molar-refractivity contribution is 0.0691. The molecule has 1 amide bonds. The van der Waals surface area contributed by atoms with Crippen LogP contribution >= 0.6 is 0 Å². The highest BCUT2D eigenvalue weighted by atomic mass is 16.2. The Hall–Kier alpha value is -1.49. The summed E-state index contributed by atoms with van der Waals surface area (Å²) < 4.78 is 0. The van der Waals surface area contributed by atoms with E-state index in [9.17, 15) is 4.79 Å². The van der Waals surface area contributed by atoms with Gasteiger partial charge >= 0.3 is 0 Å². The van der Waals surface area contributed by atoms with Gasteiger partial charge in [0.1, 0.15) is 5.69 Å². The molecule has 0 spiro atoms. The van der Waals surface area contributed by atoms with E-state index in [1.165, 1.54) is 6.20 Å². The van der Waals surface area contributed by atoms with Crippen LogP contribution < -0.4 is 5.32 Å². The lowest BCUT2D eigenvalue weighted by Crippen LogP contribution is -2.47. The van der Waals surface area contributed by atoms with Gasteiger partial charge in [-0.2, -0.15) is 0 Å². The van der Waals surface area contributed by atoms with Crippen LogP contribution in [0, 0.1) is 0 Å². The number of amides is 1. The predicted octanol–water partition coefficient (Wildman–Crippen LogP) is 0.301. The molecule has 5 heteroatoms. The van der Waals surface area contributed by atoms with Crippen molar-refractivity contribution in [1.82, 2.24) is 20.2 Å². The summed E-state index contributed by atoms with van der Waals surface area (Å²) in [6, 6.07) is 0.398. The summed E-state index contributed by atoms with van der Waals surface area (Å²) in [6.07, 6.45) is 6.81. The molecular formula is C11H16N4O. The Balaban J connectivity index is 2.05. The van der Waals surface area contributed by atoms with Crippen LogP contribution in [0.25, 0.3) is 0 Å². The van der Waals surface area contributed by atoms with Crippen molar-refractivity contribution in [2.24, 2.45) is 0 Å². The average molecular weight is 220 g/mol. The largest absolute Gasteiger partial charge is 0.336 e. The summed E-state index contributed by atoms with van der Waals surface area (Å²) in [5, 5.41) is 3.21. The maximum atomic E-state index is 12.1. The van der Waals surface area contributed by atoms with E-state index in [-0.39, 0.29) is 5.91 Å². The summed E-state index contributed by atoms with van der Waals surface area (Å²) in [6.45, 7) is 1.57. The van der Waals surface area contributed by atoms with E-state index in [0.717, 1.165) is 25.9 Å². The minimum absolute atomic E-state index is 0.0203. The molecule has 2 heterocycles. The molecule has 0 aliphatic carbocycles. The van der Waals surface area contributed by atoms with Crippen LogP contribution in [-0.2, 0) is 0 Å². The number of hydrogen-bond acceptors (Lipinski definition) is 4. The number of carbonyl (C=O) groups is 1. The second-order valence-electron chi connectivity index (χ2n) is 3.97. The molecule has 0 radical (unpaired) electrons. The molecule has 0 unspecified atom stereocenters. The van der Waals surface area contributed by atoms with Crippen molar-refractivity contribution < 1.29 is 4.79 Å². The summed E-state index contributed by atoms with van der Waals surface area (Å²) in [4.78, 5) is 21.8. The minimum Gasteiger partial charge on any atom is -0.336 e. The van der Waals surface area contributed by atoms with Crippen LogP contribution in [0.2, 0.25) is 0 Å². The van der Waals surface area contributed by atoms with Crippen LogP contribution in [0.15, 0.2) is 18.6 Å². The number of rotatable bonds is 2. The Bertz CT molecular complexity index is 354. The van der Waals surface area contributed by atoms with Gasteiger partial charge in [0, 0.05) is 31.5 Å². The van der Waals surface area contributed by atoms with Crippen molar-refractivity contribution in [2.75, 3.05) is 20.1 Å². The molecule has 16 heavy (non-hydrogen) atoms. The lowest BCUT2D eigenvalue weighted by Gasteiger charge is -2.32. The van der Waals surface area contributed by atoms with E-state index < -0.39 is 0 Å². The Labute approximate surface area is 94.9 Å². The van der Waals surface area contributed by atoms with E-state index >= 15 is 0 Å². The first-order valence-electron chi connectivity index (χ1n) is 5.54. The molecule has 0 aromatic carbocycles. The number of hydrogen-bond donors (Lipinski definition) is 1. The van der Waals surface area contributed by atoms with Crippen molar-refractivity contribution in [1.29, 1.82) is 0 Å². The van der Waals surface area contributed by atoms with Crippen molar-refractivity contribution >= 4 is 5.91 Å². The summed E-state index contributed by atoms with van der Waals surface area (Å²) in [7, 11) is 1.93. The van der Waals surface area contributed by atoms with Crippen LogP contribution in [0.1, 0.15) is 23.3 Å². The van der Waals surface area contributed by atoms with Crippen molar-refractivity contribution in [3.63, 3.8) is 0 Å². The smallest absolute Gasteiger partial charge is 0.274 e. The molecule has 1 fully saturated rings. The molecule has 0 bridgehead atoms. The second-order valence-corrected chi connectivity index (χ2v) is 3.97. The van der Waals surface area contributed by atoms with Gasteiger partial charge in [-0.05, 0) is 19.9 Å². The molecule has 1 atom stereocenters. The van der Waals surface area contributed by atoms with E-state index in [4.69, 9.17) is 0 Å². The van der Waals surface area contributed by atoms with Gasteiger partial charge in [-0.1, -0.05) is 0 Å². The van der Waals surface area contributed by atoms with Gasteiger partial charge in [-0.25, -0.2) is 4.98 Å². The number of nitrogens with one attached hydrogen (secondary N) is 1. The zero-order valence-electron chi connectivity index (χ0n) is 9.39. The zero-order chi connectivity index (χ0) is 11.4. The number of aromatic nitrogens is 2. The number of likely N-dealkylation sites (tertiary alicyclic amines) is 1. The minimum atomic E-state index is -0.0203. The molecule has 2 rings (SSSR count). The van der Waals surface area contributed by atoms with Gasteiger partial charge in [0.15, 0.2) is 0 Å². The fraction of sp³-hybridized carbons (Fsp3) is 0.545. The van der Waals surface area contributed by atoms with E-state index in [1.807, 2.05) is 11.9 Å². The first kappa shape index (κ1) is 11.0. The van der Waals surface area contributed by atoms with Crippen molar-refractivity contribution in [3.05, 3.63) is 24.3 Å². The predicted molar refractivity (Wildman–Crippen MR) is 60.0 cm³/mol. The molecule has 1 N–H and O–H groups in total. The number of carbonyl (C=O) groups excluding carboxylic acids is 1. The summed E-state index contributed by atoms with van der Waals surface area (Å²) in [5.74, 6) is -0.0203. The van der Waals surface area contributed by atoms with E-state index in [2.05, 4.69) is 15.3 Å². The average Bonchev–Trinajstić information content (AvgIpc) is 2.39. The van der Waals surface area contributed by atoms with Gasteiger partial charge < -0.3 is 10.2 Å². The van der Waals surface area contributed by atoms with Gasteiger partial charge in [0.25, 0.3) is 5.91 Å². The molecule has 5 nitrogen and oxygen atoms in total. The fourth-order valence-corrected chi connectivity index (χ4v) is 1.97. The number of piperidine rings is 1. The van der Waals surface area contributed by atoms with E-state index in [0.29, 0.717) is 11.7 Å². The number of likely N-dealkylation sites (N-methyl/N-ethyl adjacent to an activating group) is 1. The molecule has 0 saturated carbocycles. The van der Waals surface area contributed by atoms with Crippen molar-refractivity contribution in [2.45, 2.75) is 18.9 Å². The second kappa shape index (κ2) is 5.03.